The second kappa shape index (κ2) is 5.37. The summed E-state index contributed by atoms with van der Waals surface area (Å²) < 4.78 is 5.41. The number of nitrogens with one attached hydrogen (secondary N) is 1. The Morgan fingerprint density at radius 1 is 1.25 bits per heavy atom. The van der Waals surface area contributed by atoms with Gasteiger partial charge in [0.1, 0.15) is 0 Å². The highest BCUT2D eigenvalue weighted by molar-refractivity contribution is 6.20. The maximum atomic E-state index is 12.0. The molecule has 16 heavy (non-hydrogen) atoms. The molecule has 92 valence electrons. The maximum absolute atomic E-state index is 12.0. The van der Waals surface area contributed by atoms with Gasteiger partial charge < -0.3 is 10.1 Å². The number of hydrogen-bond acceptors (Lipinski definition) is 2. The number of carbonyl (C=O) groups is 1. The maximum Gasteiger partial charge on any atom is 0.226 e. The van der Waals surface area contributed by atoms with E-state index < -0.39 is 0 Å². The normalized spacial score (nSPS) is 39.6. The summed E-state index contributed by atoms with van der Waals surface area (Å²) in [5.74, 6) is 0.219. The van der Waals surface area contributed by atoms with Gasteiger partial charge in [0, 0.05) is 18.0 Å². The molecule has 0 spiro atoms. The molecule has 2 unspecified atom stereocenters. The fourth-order valence-corrected chi connectivity index (χ4v) is 2.83. The van der Waals surface area contributed by atoms with Crippen molar-refractivity contribution < 1.29 is 9.53 Å². The summed E-state index contributed by atoms with van der Waals surface area (Å²) in [6.07, 6.45) is 5.00. The van der Waals surface area contributed by atoms with Crippen LogP contribution >= 0.6 is 11.6 Å². The second-order valence-corrected chi connectivity index (χ2v) is 5.55. The monoisotopic (exact) mass is 245 g/mol. The van der Waals surface area contributed by atoms with Crippen LogP contribution in [0.25, 0.3) is 0 Å². The minimum Gasteiger partial charge on any atom is -0.378 e. The van der Waals surface area contributed by atoms with Gasteiger partial charge in [-0.05, 0) is 39.0 Å². The van der Waals surface area contributed by atoms with Gasteiger partial charge in [-0.25, -0.2) is 0 Å². The fourth-order valence-electron chi connectivity index (χ4n) is 2.58. The molecule has 0 radical (unpaired) electrons. The molecule has 0 aromatic heterocycles. The Balaban J connectivity index is 1.78. The van der Waals surface area contributed by atoms with E-state index in [4.69, 9.17) is 16.3 Å². The van der Waals surface area contributed by atoms with Crippen molar-refractivity contribution in [1.29, 1.82) is 0 Å². The van der Waals surface area contributed by atoms with Crippen LogP contribution in [0.4, 0.5) is 0 Å². The summed E-state index contributed by atoms with van der Waals surface area (Å²) in [5.41, 5.74) is 0. The summed E-state index contributed by atoms with van der Waals surface area (Å²) in [4.78, 5) is 12.0. The number of alkyl halides is 1. The lowest BCUT2D eigenvalue weighted by Crippen LogP contribution is -2.42. The van der Waals surface area contributed by atoms with Gasteiger partial charge in [-0.1, -0.05) is 0 Å². The van der Waals surface area contributed by atoms with E-state index in [0.717, 1.165) is 32.1 Å². The van der Waals surface area contributed by atoms with Crippen LogP contribution in [0.5, 0.6) is 0 Å². The van der Waals surface area contributed by atoms with E-state index >= 15 is 0 Å². The Morgan fingerprint density at radius 2 is 1.94 bits per heavy atom. The lowest BCUT2D eigenvalue weighted by atomic mass is 9.93. The smallest absolute Gasteiger partial charge is 0.226 e. The zero-order chi connectivity index (χ0) is 11.5. The van der Waals surface area contributed by atoms with Crippen molar-refractivity contribution >= 4 is 17.5 Å². The first-order valence-corrected chi connectivity index (χ1v) is 6.66. The molecule has 2 atom stereocenters. The largest absolute Gasteiger partial charge is 0.378 e. The van der Waals surface area contributed by atoms with Gasteiger partial charge in [-0.15, -0.1) is 11.6 Å². The number of amides is 1. The molecule has 2 fully saturated rings. The van der Waals surface area contributed by atoms with Crippen molar-refractivity contribution in [1.82, 2.24) is 5.32 Å². The molecular formula is C12H20ClNO2. The number of carbonyl (C=O) groups excluding carboxylic acids is 1. The highest BCUT2D eigenvalue weighted by Crippen LogP contribution is 2.25. The number of ether oxygens (including phenoxy) is 1. The van der Waals surface area contributed by atoms with Crippen LogP contribution in [0.15, 0.2) is 0 Å². The van der Waals surface area contributed by atoms with Crippen LogP contribution in [-0.4, -0.2) is 30.0 Å². The van der Waals surface area contributed by atoms with E-state index in [1.54, 1.807) is 0 Å². The van der Waals surface area contributed by atoms with Crippen molar-refractivity contribution in [3.63, 3.8) is 0 Å². The summed E-state index contributed by atoms with van der Waals surface area (Å²) in [6.45, 7) is 2.70. The Morgan fingerprint density at radius 3 is 2.50 bits per heavy atom. The highest BCUT2D eigenvalue weighted by atomic mass is 35.5. The van der Waals surface area contributed by atoms with E-state index in [1.165, 1.54) is 0 Å². The highest BCUT2D eigenvalue weighted by Gasteiger charge is 2.32. The number of hydrogen-bond donors (Lipinski definition) is 1. The Bertz CT molecular complexity index is 251. The van der Waals surface area contributed by atoms with Gasteiger partial charge in [-0.3, -0.25) is 4.79 Å². The van der Waals surface area contributed by atoms with Crippen molar-refractivity contribution in [2.75, 3.05) is 6.61 Å². The quantitative estimate of drug-likeness (QED) is 0.757. The third kappa shape index (κ3) is 2.89. The van der Waals surface area contributed by atoms with Crippen LogP contribution in [-0.2, 0) is 9.53 Å². The molecule has 3 nitrogen and oxygen atoms in total. The molecule has 4 heteroatoms. The molecular weight excluding hydrogens is 226 g/mol. The van der Waals surface area contributed by atoms with Gasteiger partial charge in [0.05, 0.1) is 12.0 Å². The minimum absolute atomic E-state index is 0.0497. The minimum atomic E-state index is 0.0497. The van der Waals surface area contributed by atoms with Crippen LogP contribution in [0.3, 0.4) is 0 Å². The lowest BCUT2D eigenvalue weighted by Gasteiger charge is -2.27. The molecule has 1 amide bonds. The predicted octanol–water partition coefficient (Wildman–Crippen LogP) is 2.08. The van der Waals surface area contributed by atoms with Crippen LogP contribution in [0.1, 0.15) is 39.0 Å². The third-order valence-corrected chi connectivity index (χ3v) is 4.15. The Hall–Kier alpha value is -0.280. The first kappa shape index (κ1) is 12.2. The number of halogens is 1. The number of rotatable bonds is 2. The first-order chi connectivity index (χ1) is 7.66. The summed E-state index contributed by atoms with van der Waals surface area (Å²) in [7, 11) is 0. The molecule has 1 saturated carbocycles. The summed E-state index contributed by atoms with van der Waals surface area (Å²) >= 11 is 6.04. The lowest BCUT2D eigenvalue weighted by molar-refractivity contribution is -0.127. The van der Waals surface area contributed by atoms with Crippen molar-refractivity contribution in [2.24, 2.45) is 5.92 Å². The molecule has 2 rings (SSSR count). The molecule has 1 aliphatic heterocycles. The van der Waals surface area contributed by atoms with E-state index in [0.29, 0.717) is 18.0 Å². The van der Waals surface area contributed by atoms with E-state index in [2.05, 4.69) is 5.32 Å². The van der Waals surface area contributed by atoms with Crippen molar-refractivity contribution in [2.45, 2.75) is 56.6 Å². The van der Waals surface area contributed by atoms with Crippen LogP contribution in [0.2, 0.25) is 0 Å². The average molecular weight is 246 g/mol. The molecule has 0 aromatic carbocycles. The van der Waals surface area contributed by atoms with Crippen LogP contribution in [0, 0.1) is 5.92 Å². The third-order valence-electron chi connectivity index (χ3n) is 3.72. The van der Waals surface area contributed by atoms with E-state index in [-0.39, 0.29) is 17.9 Å². The van der Waals surface area contributed by atoms with Gasteiger partial charge in [-0.2, -0.15) is 0 Å². The molecule has 1 heterocycles. The van der Waals surface area contributed by atoms with Gasteiger partial charge in [0.2, 0.25) is 5.91 Å². The molecule has 0 aromatic rings. The molecule has 0 bridgehead atoms. The standard InChI is InChI=1S/C12H20ClNO2/c1-8-11(6-7-16-8)12(15)14-10-4-2-9(13)3-5-10/h8-11H,2-7H2,1H3,(H,14,15). The van der Waals surface area contributed by atoms with E-state index in [1.807, 2.05) is 6.92 Å². The fraction of sp³-hybridized carbons (Fsp3) is 0.917. The van der Waals surface area contributed by atoms with Gasteiger partial charge >= 0.3 is 0 Å². The molecule has 1 N–H and O–H groups in total. The molecule has 2 aliphatic rings. The first-order valence-electron chi connectivity index (χ1n) is 6.23. The second-order valence-electron chi connectivity index (χ2n) is 4.93. The summed E-state index contributed by atoms with van der Waals surface area (Å²) in [5, 5.41) is 3.44. The summed E-state index contributed by atoms with van der Waals surface area (Å²) in [6, 6.07) is 0.329. The topological polar surface area (TPSA) is 38.3 Å². The van der Waals surface area contributed by atoms with Gasteiger partial charge in [0.15, 0.2) is 0 Å². The van der Waals surface area contributed by atoms with Gasteiger partial charge in [0.25, 0.3) is 0 Å². The molecule has 1 saturated heterocycles. The van der Waals surface area contributed by atoms with Crippen molar-refractivity contribution in [3.05, 3.63) is 0 Å². The average Bonchev–Trinajstić information content (AvgIpc) is 2.68. The SMILES string of the molecule is CC1OCCC1C(=O)NC1CCC(Cl)CC1. The molecule has 1 aliphatic carbocycles. The van der Waals surface area contributed by atoms with Crippen LogP contribution < -0.4 is 5.32 Å². The predicted molar refractivity (Wildman–Crippen MR) is 63.6 cm³/mol. The Kier molecular flexibility index (Phi) is 4.09. The van der Waals surface area contributed by atoms with Crippen molar-refractivity contribution in [3.8, 4) is 0 Å². The zero-order valence-corrected chi connectivity index (χ0v) is 10.5. The Labute approximate surface area is 102 Å². The van der Waals surface area contributed by atoms with E-state index in [9.17, 15) is 4.79 Å². The zero-order valence-electron chi connectivity index (χ0n) is 9.75.